The number of phenolic OH excluding ortho intramolecular Hbond substituents is 2. The maximum absolute atomic E-state index is 10.7. The van der Waals surface area contributed by atoms with Gasteiger partial charge < -0.3 is 17.1 Å². The first kappa shape index (κ1) is 20.7. The Morgan fingerprint density at radius 3 is 2.52 bits per heavy atom. The third-order valence-corrected chi connectivity index (χ3v) is 5.93. The van der Waals surface area contributed by atoms with Gasteiger partial charge in [0.05, 0.1) is 0 Å². The molecule has 0 fully saturated rings. The molecule has 25 heavy (non-hydrogen) atoms. The van der Waals surface area contributed by atoms with E-state index in [1.54, 1.807) is 6.07 Å². The summed E-state index contributed by atoms with van der Waals surface area (Å²) in [6.07, 6.45) is 8.35. The first-order valence-corrected chi connectivity index (χ1v) is 9.13. The summed E-state index contributed by atoms with van der Waals surface area (Å²) in [4.78, 5) is 0. The van der Waals surface area contributed by atoms with Crippen LogP contribution in [0.15, 0.2) is 29.9 Å². The van der Waals surface area contributed by atoms with Gasteiger partial charge in [0.25, 0.3) is 0 Å². The number of phenols is 2. The number of hydrogen-bond donors (Lipinski definition) is 2. The molecule has 1 radical (unpaired) electrons. The molecule has 3 heteroatoms. The number of rotatable bonds is 3. The summed E-state index contributed by atoms with van der Waals surface area (Å²) in [5.74, 6) is 1.29. The molecule has 2 N–H and O–H groups in total. The van der Waals surface area contributed by atoms with E-state index >= 15 is 0 Å². The van der Waals surface area contributed by atoms with Crippen LogP contribution in [0.3, 0.4) is 0 Å². The number of allylic oxidation sites excluding steroid dienone is 3. The number of fused-ring (bicyclic) bond motifs is 1. The minimum Gasteiger partial charge on any atom is -0.508 e. The van der Waals surface area contributed by atoms with E-state index in [-0.39, 0.29) is 50.1 Å². The molecule has 0 aromatic heterocycles. The summed E-state index contributed by atoms with van der Waals surface area (Å²) in [5.41, 5.74) is 5.77. The molecular weight excluding hydrogens is 385 g/mol. The van der Waals surface area contributed by atoms with Crippen LogP contribution < -0.4 is 0 Å². The Kier molecular flexibility index (Phi) is 6.96. The van der Waals surface area contributed by atoms with Gasteiger partial charge in [-0.2, -0.15) is 6.42 Å². The van der Waals surface area contributed by atoms with Gasteiger partial charge in [0.1, 0.15) is 11.5 Å². The molecule has 0 aliphatic heterocycles. The fraction of sp³-hybridized carbons (Fsp3) is 0.500. The SMILES string of the molecule is C=C(C)[C@@H]1CCC(C)=C[C@H]1c1c(O)cc(O)c2c1CCC[C@H]2C[CH2-].[Y]. The average Bonchev–Trinajstić information content (AvgIpc) is 2.53. The predicted octanol–water partition coefficient (Wildman–Crippen LogP) is 5.76. The van der Waals surface area contributed by atoms with Gasteiger partial charge in [-0.05, 0) is 68.9 Å². The van der Waals surface area contributed by atoms with Crippen molar-refractivity contribution < 1.29 is 42.9 Å². The van der Waals surface area contributed by atoms with Gasteiger partial charge in [0, 0.05) is 50.3 Å². The molecule has 3 atom stereocenters. The molecule has 1 aromatic carbocycles. The van der Waals surface area contributed by atoms with E-state index in [2.05, 4.69) is 33.4 Å². The van der Waals surface area contributed by atoms with Crippen molar-refractivity contribution in [2.24, 2.45) is 5.92 Å². The standard InChI is InChI=1S/C22H29O2.Y/c1-5-15-7-6-8-17-21(15)19(23)12-20(24)22(17)18-11-14(4)9-10-16(18)13(2)3;/h11-12,15-16,18,23-24H,1-2,5-10H2,3-4H3;/q-1;/t15-,16+,18-;/m1./s1. The second kappa shape index (κ2) is 8.40. The first-order chi connectivity index (χ1) is 11.4. The molecule has 0 amide bonds. The average molecular weight is 414 g/mol. The smallest absolute Gasteiger partial charge is 0.123 e. The molecule has 2 nitrogen and oxygen atoms in total. The normalized spacial score (nSPS) is 25.6. The summed E-state index contributed by atoms with van der Waals surface area (Å²) in [5, 5.41) is 21.2. The van der Waals surface area contributed by atoms with Crippen LogP contribution in [0.1, 0.15) is 74.5 Å². The summed E-state index contributed by atoms with van der Waals surface area (Å²) in [6.45, 7) is 12.5. The van der Waals surface area contributed by atoms with Crippen molar-refractivity contribution in [1.82, 2.24) is 0 Å². The van der Waals surface area contributed by atoms with E-state index < -0.39 is 0 Å². The Bertz CT molecular complexity index is 690. The summed E-state index contributed by atoms with van der Waals surface area (Å²) in [7, 11) is 0. The Morgan fingerprint density at radius 2 is 1.88 bits per heavy atom. The van der Waals surface area contributed by atoms with Gasteiger partial charge in [-0.3, -0.25) is 0 Å². The van der Waals surface area contributed by atoms with Gasteiger partial charge in [-0.15, -0.1) is 0 Å². The van der Waals surface area contributed by atoms with Crippen LogP contribution in [0.4, 0.5) is 0 Å². The Balaban J connectivity index is 0.00000225. The van der Waals surface area contributed by atoms with Gasteiger partial charge in [0.15, 0.2) is 0 Å². The van der Waals surface area contributed by atoms with E-state index in [0.717, 1.165) is 55.2 Å². The van der Waals surface area contributed by atoms with Gasteiger partial charge in [0.2, 0.25) is 0 Å². The van der Waals surface area contributed by atoms with Crippen molar-refractivity contribution in [1.29, 1.82) is 0 Å². The third-order valence-electron chi connectivity index (χ3n) is 5.93. The second-order valence-corrected chi connectivity index (χ2v) is 7.63. The molecule has 0 unspecified atom stereocenters. The van der Waals surface area contributed by atoms with Crippen molar-refractivity contribution in [3.05, 3.63) is 53.5 Å². The predicted molar refractivity (Wildman–Crippen MR) is 99.5 cm³/mol. The van der Waals surface area contributed by atoms with Crippen LogP contribution in [0.5, 0.6) is 11.5 Å². The quantitative estimate of drug-likeness (QED) is 0.488. The van der Waals surface area contributed by atoms with Gasteiger partial charge in [-0.1, -0.05) is 23.8 Å². The van der Waals surface area contributed by atoms with Crippen LogP contribution >= 0.6 is 0 Å². The zero-order chi connectivity index (χ0) is 17.4. The first-order valence-electron chi connectivity index (χ1n) is 9.13. The monoisotopic (exact) mass is 414 g/mol. The van der Waals surface area contributed by atoms with Gasteiger partial charge >= 0.3 is 0 Å². The molecule has 0 heterocycles. The molecule has 1 aromatic rings. The Labute approximate surface area is 177 Å². The number of aromatic hydroxyl groups is 2. The minimum atomic E-state index is 0. The maximum atomic E-state index is 10.7. The minimum absolute atomic E-state index is 0. The Morgan fingerprint density at radius 1 is 1.20 bits per heavy atom. The van der Waals surface area contributed by atoms with E-state index in [9.17, 15) is 10.2 Å². The number of benzene rings is 1. The van der Waals surface area contributed by atoms with Crippen molar-refractivity contribution in [2.75, 3.05) is 0 Å². The largest absolute Gasteiger partial charge is 0.508 e. The van der Waals surface area contributed by atoms with E-state index in [4.69, 9.17) is 0 Å². The zero-order valence-corrected chi connectivity index (χ0v) is 18.4. The fourth-order valence-corrected chi connectivity index (χ4v) is 4.70. The van der Waals surface area contributed by atoms with Crippen molar-refractivity contribution in [3.63, 3.8) is 0 Å². The molecule has 2 aliphatic carbocycles. The topological polar surface area (TPSA) is 40.5 Å². The van der Waals surface area contributed by atoms with E-state index in [1.165, 1.54) is 11.1 Å². The van der Waals surface area contributed by atoms with Crippen LogP contribution in [-0.4, -0.2) is 10.2 Å². The molecule has 3 rings (SSSR count). The fourth-order valence-electron chi connectivity index (χ4n) is 4.70. The van der Waals surface area contributed by atoms with Crippen LogP contribution in [0, 0.1) is 12.8 Å². The van der Waals surface area contributed by atoms with Gasteiger partial charge in [-0.25, -0.2) is 0 Å². The third kappa shape index (κ3) is 3.90. The van der Waals surface area contributed by atoms with E-state index in [1.807, 2.05) is 0 Å². The zero-order valence-electron chi connectivity index (χ0n) is 15.5. The molecule has 2 aliphatic rings. The maximum Gasteiger partial charge on any atom is 0.123 e. The molecule has 0 saturated heterocycles. The summed E-state index contributed by atoms with van der Waals surface area (Å²) in [6, 6.07) is 1.55. The molecule has 0 bridgehead atoms. The number of hydrogen-bond acceptors (Lipinski definition) is 2. The molecule has 0 spiro atoms. The second-order valence-electron chi connectivity index (χ2n) is 7.63. The van der Waals surface area contributed by atoms with Crippen molar-refractivity contribution >= 4 is 0 Å². The van der Waals surface area contributed by atoms with Crippen molar-refractivity contribution in [2.45, 2.75) is 64.2 Å². The molecular formula is C22H29O2Y-. The van der Waals surface area contributed by atoms with Crippen LogP contribution in [0.25, 0.3) is 0 Å². The van der Waals surface area contributed by atoms with Crippen LogP contribution in [-0.2, 0) is 39.1 Å². The summed E-state index contributed by atoms with van der Waals surface area (Å²) < 4.78 is 0. The van der Waals surface area contributed by atoms with Crippen molar-refractivity contribution in [3.8, 4) is 11.5 Å². The van der Waals surface area contributed by atoms with E-state index in [0.29, 0.717) is 11.8 Å². The molecule has 133 valence electrons. The summed E-state index contributed by atoms with van der Waals surface area (Å²) >= 11 is 0. The Hall–Kier alpha value is -0.596. The van der Waals surface area contributed by atoms with Crippen LogP contribution in [0.2, 0.25) is 0 Å². The molecule has 0 saturated carbocycles.